The van der Waals surface area contributed by atoms with Crippen LogP contribution < -0.4 is 9.62 Å². The summed E-state index contributed by atoms with van der Waals surface area (Å²) in [6, 6.07) is 58.9. The van der Waals surface area contributed by atoms with Gasteiger partial charge in [0, 0.05) is 88.7 Å². The van der Waals surface area contributed by atoms with Crippen LogP contribution in [0.5, 0.6) is 0 Å². The van der Waals surface area contributed by atoms with Gasteiger partial charge in [0.05, 0.1) is 34.8 Å². The van der Waals surface area contributed by atoms with E-state index in [0.29, 0.717) is 47.7 Å². The van der Waals surface area contributed by atoms with Gasteiger partial charge in [-0.05, 0) is 214 Å². The van der Waals surface area contributed by atoms with Crippen LogP contribution in [0.2, 0.25) is 0 Å². The number of hydrogen-bond donors (Lipinski definition) is 2. The number of aliphatic hydroxyl groups is 1. The van der Waals surface area contributed by atoms with Crippen LogP contribution in [0.1, 0.15) is 213 Å². The first-order valence-corrected chi connectivity index (χ1v) is 43.3. The Morgan fingerprint density at radius 1 is 0.607 bits per heavy atom. The Morgan fingerprint density at radius 2 is 1.11 bits per heavy atom. The number of halogens is 2. The molecule has 0 saturated heterocycles. The largest absolute Gasteiger partial charge is 0.461 e. The number of para-hydroxylation sites is 2. The van der Waals surface area contributed by atoms with Crippen LogP contribution in [-0.2, 0) is 33.0 Å². The minimum absolute atomic E-state index is 0.00604. The fraction of sp³-hybridized carbons (Fsp3) is 0.376. The predicted octanol–water partition coefficient (Wildman–Crippen LogP) is 25.0. The van der Waals surface area contributed by atoms with Crippen LogP contribution in [-0.4, -0.2) is 75.5 Å². The Hall–Kier alpha value is -10.4. The topological polar surface area (TPSA) is 162 Å². The number of hydrogen-bond acceptors (Lipinski definition) is 9. The van der Waals surface area contributed by atoms with Gasteiger partial charge in [-0.25, -0.2) is 31.5 Å². The van der Waals surface area contributed by atoms with Crippen molar-refractivity contribution in [2.24, 2.45) is 36.6 Å². The molecule has 117 heavy (non-hydrogen) atoms. The molecule has 16 heteroatoms. The lowest BCUT2D eigenvalue weighted by Crippen LogP contribution is -2.40. The third-order valence-electron chi connectivity index (χ3n) is 22.6. The number of carbonyl (C=O) groups is 2. The van der Waals surface area contributed by atoms with E-state index in [1.807, 2.05) is 95.3 Å². The number of fused-ring (bicyclic) bond motifs is 2. The van der Waals surface area contributed by atoms with Crippen molar-refractivity contribution in [2.45, 2.75) is 194 Å². The van der Waals surface area contributed by atoms with Crippen molar-refractivity contribution in [3.63, 3.8) is 0 Å². The minimum Gasteiger partial charge on any atom is -0.461 e. The average molecular weight is 1600 g/mol. The molecule has 11 aromatic rings. The second kappa shape index (κ2) is 40.2. The lowest BCUT2D eigenvalue weighted by Gasteiger charge is -2.41. The number of nitrogens with one attached hydrogen (secondary N) is 1. The molecule has 0 aliphatic heterocycles. The first-order valence-electron chi connectivity index (χ1n) is 41.4. The summed E-state index contributed by atoms with van der Waals surface area (Å²) in [6.07, 6.45) is 10.4. The van der Waals surface area contributed by atoms with Crippen molar-refractivity contribution in [1.82, 2.24) is 24.1 Å². The average Bonchev–Trinajstić information content (AvgIpc) is 1.65. The second-order valence-electron chi connectivity index (χ2n) is 33.2. The first kappa shape index (κ1) is 90.5. The Labute approximate surface area is 695 Å². The lowest BCUT2D eigenvalue weighted by atomic mass is 9.67. The van der Waals surface area contributed by atoms with Crippen molar-refractivity contribution in [3.8, 4) is 55.9 Å². The van der Waals surface area contributed by atoms with Gasteiger partial charge in [-0.15, -0.1) is 0 Å². The molecular formula is C101H123F2N7O6S. The molecule has 0 radical (unpaired) electrons. The molecule has 7 aromatic carbocycles. The zero-order chi connectivity index (χ0) is 85.6. The number of carbonyl (C=O) groups excluding carboxylic acids is 2. The standard InChI is InChI=1S/C28H28N2O.C20H26FNO.C19H21N.C18H28O2.C16H20FN3O2S/c1-19(2)26-25(28(31)29-23-13-9-6-10-14-23)24(21-11-7-5-8-12-21)27(30(26)4)22-17-15-20(3)16-18-22;1-12(2)19-14(5)18(15-6-8-16(21)9-7-15)17(10-11-23)20(22-19)13(3)4;1-13(2)20-15(4)19(16-11-9-14(3)10-12-16)17-7-5-6-8-18(17)20;1-6-12(3)18(19)20-16-10-11(2)9-15-8-7-13(4)14(5)17(15)16;1-10(2)14-11(3)15(12-6-8-13(17)9-7-12)19-16(18-14)20(4)23(5,21)22/h5-19H,1-4H3,(H,29,31);6-9,12-13,23H,10-11H2,1-5H3;5-13H,1-4H3;7-9,11-14,16-17H,6,10H2,1-5H3;6-10H,1-5H3/t;;;11-,12+,13-,14+,16+,17?;/m...1./s1. The molecule has 4 aromatic heterocycles. The van der Waals surface area contributed by atoms with Crippen molar-refractivity contribution < 1.29 is 36.6 Å². The van der Waals surface area contributed by atoms with E-state index in [9.17, 15) is 31.9 Å². The van der Waals surface area contributed by atoms with Crippen LogP contribution in [0.4, 0.5) is 20.4 Å². The Kier molecular flexibility index (Phi) is 31.1. The molecule has 1 amide bonds. The molecule has 2 aliphatic carbocycles. The molecule has 0 saturated carbocycles. The van der Waals surface area contributed by atoms with Gasteiger partial charge in [-0.1, -0.05) is 247 Å². The maximum absolute atomic E-state index is 13.7. The molecule has 13 nitrogen and oxygen atoms in total. The summed E-state index contributed by atoms with van der Waals surface area (Å²) in [5.41, 5.74) is 25.3. The Morgan fingerprint density at radius 3 is 1.64 bits per heavy atom. The van der Waals surface area contributed by atoms with Gasteiger partial charge >= 0.3 is 5.97 Å². The highest BCUT2D eigenvalue weighted by molar-refractivity contribution is 7.92. The van der Waals surface area contributed by atoms with Gasteiger partial charge in [0.15, 0.2) is 0 Å². The number of rotatable bonds is 19. The van der Waals surface area contributed by atoms with Gasteiger partial charge in [-0.3, -0.25) is 14.6 Å². The van der Waals surface area contributed by atoms with E-state index in [2.05, 4.69) is 238 Å². The molecule has 1 unspecified atom stereocenters. The monoisotopic (exact) mass is 1600 g/mol. The summed E-state index contributed by atoms with van der Waals surface area (Å²) in [7, 11) is 0.0124. The van der Waals surface area contributed by atoms with Gasteiger partial charge in [-0.2, -0.15) is 0 Å². The van der Waals surface area contributed by atoms with Gasteiger partial charge in [0.2, 0.25) is 16.0 Å². The van der Waals surface area contributed by atoms with Crippen LogP contribution in [0.3, 0.4) is 0 Å². The number of ether oxygens (including phenoxy) is 1. The maximum atomic E-state index is 13.7. The van der Waals surface area contributed by atoms with E-state index in [1.54, 1.807) is 12.1 Å². The van der Waals surface area contributed by atoms with E-state index < -0.39 is 10.0 Å². The smallest absolute Gasteiger partial charge is 0.308 e. The molecule has 2 N–H and O–H groups in total. The summed E-state index contributed by atoms with van der Waals surface area (Å²) in [5.74, 6) is 2.26. The van der Waals surface area contributed by atoms with Crippen molar-refractivity contribution in [2.75, 3.05) is 29.5 Å². The summed E-state index contributed by atoms with van der Waals surface area (Å²) < 4.78 is 61.6. The predicted molar refractivity (Wildman–Crippen MR) is 482 cm³/mol. The third-order valence-corrected chi connectivity index (χ3v) is 23.8. The Balaban J connectivity index is 0.000000169. The molecule has 6 atom stereocenters. The number of benzene rings is 7. The number of aliphatic hydroxyl groups excluding tert-OH is 1. The summed E-state index contributed by atoms with van der Waals surface area (Å²) in [5, 5.41) is 14.0. The van der Waals surface area contributed by atoms with E-state index in [0.717, 1.165) is 113 Å². The molecule has 0 spiro atoms. The fourth-order valence-corrected chi connectivity index (χ4v) is 16.6. The number of allylic oxidation sites excluding steroid dienone is 3. The lowest BCUT2D eigenvalue weighted by molar-refractivity contribution is -0.158. The van der Waals surface area contributed by atoms with Gasteiger partial charge in [0.1, 0.15) is 17.7 Å². The molecule has 4 heterocycles. The summed E-state index contributed by atoms with van der Waals surface area (Å²) in [4.78, 5) is 39.5. The van der Waals surface area contributed by atoms with Crippen molar-refractivity contribution in [3.05, 3.63) is 279 Å². The maximum Gasteiger partial charge on any atom is 0.308 e. The van der Waals surface area contributed by atoms with E-state index >= 15 is 0 Å². The number of esters is 1. The van der Waals surface area contributed by atoms with E-state index in [-0.39, 0.29) is 65.8 Å². The molecular weight excluding hydrogens is 1480 g/mol. The SMILES string of the molecule is CC[C@H](C)C(=O)O[C@H]1C[C@H](C)C=C2C=C[C@@H](C)[C@H](C)C21.Cc1c(-c2ccc(F)cc2)nc(N(C)S(C)(=O)=O)nc1C(C)C.Cc1c(C(C)C)nc(C(C)C)c(CCO)c1-c1ccc(F)cc1.Cc1ccc(-c2c(-c3ccccc3)c(C(=O)Nc3ccccc3)c(C(C)C)n2C)cc1.Cc1ccc(-c2c(C)n(C(C)C)c3ccccc23)cc1. The minimum atomic E-state index is -3.47. The van der Waals surface area contributed by atoms with E-state index in [1.165, 1.54) is 75.7 Å². The van der Waals surface area contributed by atoms with Gasteiger partial charge < -0.3 is 24.3 Å². The molecule has 618 valence electrons. The number of aromatic nitrogens is 5. The van der Waals surface area contributed by atoms with Crippen molar-refractivity contribution in [1.29, 1.82) is 0 Å². The van der Waals surface area contributed by atoms with Crippen LogP contribution in [0, 0.1) is 75.8 Å². The number of anilines is 2. The number of pyridine rings is 1. The third kappa shape index (κ3) is 21.7. The van der Waals surface area contributed by atoms with E-state index in [4.69, 9.17) is 9.72 Å². The second-order valence-corrected chi connectivity index (χ2v) is 35.3. The number of sulfonamides is 1. The molecule has 0 fully saturated rings. The highest BCUT2D eigenvalue weighted by Crippen LogP contribution is 2.46. The quantitative estimate of drug-likeness (QED) is 0.0751. The fourth-order valence-electron chi connectivity index (χ4n) is 16.2. The number of amides is 1. The summed E-state index contributed by atoms with van der Waals surface area (Å²) in [6.45, 7) is 42.5. The normalized spacial score (nSPS) is 15.9. The number of nitrogens with zero attached hydrogens (tertiary/aromatic N) is 6. The molecule has 0 bridgehead atoms. The van der Waals surface area contributed by atoms with Crippen LogP contribution in [0.25, 0.3) is 66.8 Å². The Bertz CT molecular complexity index is 5380. The van der Waals surface area contributed by atoms with Gasteiger partial charge in [0.25, 0.3) is 5.91 Å². The van der Waals surface area contributed by atoms with Crippen LogP contribution in [0.15, 0.2) is 206 Å². The molecule has 2 aliphatic rings. The number of aryl methyl sites for hydroxylation is 2. The zero-order valence-electron chi connectivity index (χ0n) is 73.1. The molecule has 13 rings (SSSR count). The highest BCUT2D eigenvalue weighted by atomic mass is 32.2. The zero-order valence-corrected chi connectivity index (χ0v) is 73.9. The van der Waals surface area contributed by atoms with Crippen LogP contribution >= 0.6 is 0 Å². The van der Waals surface area contributed by atoms with Crippen molar-refractivity contribution >= 4 is 44.4 Å². The summed E-state index contributed by atoms with van der Waals surface area (Å²) >= 11 is 0. The first-order chi connectivity index (χ1) is 55.5. The highest BCUT2D eigenvalue weighted by Gasteiger charge is 2.40.